The van der Waals surface area contributed by atoms with Crippen LogP contribution in [-0.2, 0) is 19.7 Å². The summed E-state index contributed by atoms with van der Waals surface area (Å²) in [6, 6.07) is 8.49. The number of nitrogens with one attached hydrogen (secondary N) is 2. The molecule has 2 N–H and O–H groups in total. The Morgan fingerprint density at radius 3 is 2.54 bits per heavy atom. The summed E-state index contributed by atoms with van der Waals surface area (Å²) in [6.45, 7) is 3.55. The molecule has 0 aromatic heterocycles. The van der Waals surface area contributed by atoms with Crippen LogP contribution in [0.1, 0.15) is 55.6 Å². The lowest BCUT2D eigenvalue weighted by Gasteiger charge is -2.48. The van der Waals surface area contributed by atoms with Gasteiger partial charge in [0.1, 0.15) is 17.0 Å². The SMILES string of the molecule is O=C(CCCN1CCOCC1)[C@@H]1NC2(CCC(F)(F)CC2)[C@@]2(C(=O)Nc3cc(Cl)ccc32)[C@H]1c1cccc(Cl)c1F. The number of hydrogen-bond acceptors (Lipinski definition) is 5. The highest BCUT2D eigenvalue weighted by Crippen LogP contribution is 2.63. The Balaban J connectivity index is 1.47. The van der Waals surface area contributed by atoms with E-state index in [4.69, 9.17) is 27.9 Å². The molecule has 6 rings (SSSR count). The molecule has 220 valence electrons. The van der Waals surface area contributed by atoms with Gasteiger partial charge in [-0.1, -0.05) is 41.4 Å². The lowest BCUT2D eigenvalue weighted by molar-refractivity contribution is -0.126. The lowest BCUT2D eigenvalue weighted by atomic mass is 9.55. The molecule has 1 amide bonds. The number of fused-ring (bicyclic) bond motifs is 3. The topological polar surface area (TPSA) is 70.7 Å². The van der Waals surface area contributed by atoms with E-state index in [1.165, 1.54) is 6.07 Å². The van der Waals surface area contributed by atoms with Crippen molar-refractivity contribution in [2.24, 2.45) is 0 Å². The number of benzene rings is 2. The van der Waals surface area contributed by atoms with Crippen molar-refractivity contribution in [3.8, 4) is 0 Å². The second kappa shape index (κ2) is 10.8. The van der Waals surface area contributed by atoms with Crippen LogP contribution in [0.3, 0.4) is 0 Å². The smallest absolute Gasteiger partial charge is 0.248 e. The second-order valence-electron chi connectivity index (χ2n) is 11.7. The van der Waals surface area contributed by atoms with E-state index in [9.17, 15) is 18.4 Å². The number of ether oxygens (including phenoxy) is 1. The molecule has 6 nitrogen and oxygen atoms in total. The lowest BCUT2D eigenvalue weighted by Crippen LogP contribution is -2.61. The number of nitrogens with zero attached hydrogens (tertiary/aromatic N) is 1. The predicted molar refractivity (Wildman–Crippen MR) is 150 cm³/mol. The summed E-state index contributed by atoms with van der Waals surface area (Å²) in [4.78, 5) is 30.6. The maximum absolute atomic E-state index is 15.9. The first-order valence-electron chi connectivity index (χ1n) is 14.1. The fourth-order valence-corrected chi connectivity index (χ4v) is 7.97. The number of alkyl halides is 2. The third-order valence-electron chi connectivity index (χ3n) is 9.50. The van der Waals surface area contributed by atoms with Crippen LogP contribution in [0.25, 0.3) is 0 Å². The molecule has 11 heteroatoms. The molecule has 2 saturated heterocycles. The zero-order valence-corrected chi connectivity index (χ0v) is 24.0. The molecular formula is C30H32Cl2F3N3O3. The van der Waals surface area contributed by atoms with Gasteiger partial charge in [0, 0.05) is 54.5 Å². The van der Waals surface area contributed by atoms with Gasteiger partial charge in [0.25, 0.3) is 0 Å². The van der Waals surface area contributed by atoms with E-state index in [1.807, 2.05) is 0 Å². The number of Topliss-reactive ketones (excluding diaryl/α,β-unsaturated/α-hetero) is 1. The van der Waals surface area contributed by atoms with E-state index in [2.05, 4.69) is 15.5 Å². The Morgan fingerprint density at radius 2 is 1.80 bits per heavy atom. The molecule has 3 heterocycles. The Labute approximate surface area is 246 Å². The van der Waals surface area contributed by atoms with Gasteiger partial charge in [-0.15, -0.1) is 0 Å². The molecule has 1 aliphatic carbocycles. The van der Waals surface area contributed by atoms with Crippen molar-refractivity contribution >= 4 is 40.6 Å². The number of amides is 1. The fraction of sp³-hybridized carbons (Fsp3) is 0.533. The van der Waals surface area contributed by atoms with Crippen molar-refractivity contribution in [3.63, 3.8) is 0 Å². The van der Waals surface area contributed by atoms with Crippen molar-refractivity contribution in [1.29, 1.82) is 0 Å². The predicted octanol–water partition coefficient (Wildman–Crippen LogP) is 5.71. The van der Waals surface area contributed by atoms with E-state index in [0.29, 0.717) is 42.5 Å². The first kappa shape index (κ1) is 28.9. The van der Waals surface area contributed by atoms with Crippen LogP contribution in [0.4, 0.5) is 18.9 Å². The van der Waals surface area contributed by atoms with Gasteiger partial charge in [-0.25, -0.2) is 13.2 Å². The number of halogens is 5. The Morgan fingerprint density at radius 1 is 1.07 bits per heavy atom. The van der Waals surface area contributed by atoms with Gasteiger partial charge < -0.3 is 10.1 Å². The van der Waals surface area contributed by atoms with Gasteiger partial charge in [0.05, 0.1) is 24.3 Å². The van der Waals surface area contributed by atoms with Gasteiger partial charge in [-0.2, -0.15) is 0 Å². The van der Waals surface area contributed by atoms with Crippen molar-refractivity contribution < 1.29 is 27.5 Å². The summed E-state index contributed by atoms with van der Waals surface area (Å²) >= 11 is 12.5. The first-order valence-corrected chi connectivity index (χ1v) is 14.9. The van der Waals surface area contributed by atoms with Gasteiger partial charge >= 0.3 is 0 Å². The number of hydrogen-bond donors (Lipinski definition) is 2. The third kappa shape index (κ3) is 4.78. The highest BCUT2D eigenvalue weighted by molar-refractivity contribution is 6.31. The van der Waals surface area contributed by atoms with Gasteiger partial charge in [-0.05, 0) is 55.1 Å². The normalized spacial score (nSPS) is 28.7. The molecule has 3 atom stereocenters. The fourth-order valence-electron chi connectivity index (χ4n) is 7.61. The first-order chi connectivity index (χ1) is 19.6. The molecule has 4 aliphatic rings. The third-order valence-corrected chi connectivity index (χ3v) is 10.0. The minimum atomic E-state index is -2.90. The Hall–Kier alpha value is -2.17. The molecule has 0 unspecified atom stereocenters. The Kier molecular flexibility index (Phi) is 7.64. The largest absolute Gasteiger partial charge is 0.379 e. The van der Waals surface area contributed by atoms with Gasteiger partial charge in [-0.3, -0.25) is 19.8 Å². The summed E-state index contributed by atoms with van der Waals surface area (Å²) in [7, 11) is 0. The molecule has 3 aliphatic heterocycles. The van der Waals surface area contributed by atoms with Crippen LogP contribution in [0.15, 0.2) is 36.4 Å². The van der Waals surface area contributed by atoms with E-state index in [1.54, 1.807) is 30.3 Å². The van der Waals surface area contributed by atoms with Crippen LogP contribution in [0, 0.1) is 5.82 Å². The van der Waals surface area contributed by atoms with Crippen LogP contribution >= 0.6 is 23.2 Å². The molecule has 2 aromatic carbocycles. The van der Waals surface area contributed by atoms with Crippen LogP contribution in [-0.4, -0.2) is 66.9 Å². The zero-order chi connectivity index (χ0) is 29.0. The molecule has 3 fully saturated rings. The number of ketones is 1. The summed E-state index contributed by atoms with van der Waals surface area (Å²) < 4.78 is 50.5. The monoisotopic (exact) mass is 609 g/mol. The van der Waals surface area contributed by atoms with E-state index < -0.39 is 53.4 Å². The molecule has 41 heavy (non-hydrogen) atoms. The quantitative estimate of drug-likeness (QED) is 0.439. The summed E-state index contributed by atoms with van der Waals surface area (Å²) in [6.07, 6.45) is -0.290. The maximum atomic E-state index is 15.9. The van der Waals surface area contributed by atoms with Crippen LogP contribution in [0.2, 0.25) is 10.0 Å². The minimum absolute atomic E-state index is 0.0638. The zero-order valence-electron chi connectivity index (χ0n) is 22.5. The standard InChI is InChI=1S/C30H32Cl2F3N3O3/c31-18-6-7-20-22(17-18)36-27(40)30(20)24(19-3-1-4-21(32)25(19)33)26(37-28(30)8-10-29(34,35)11-9-28)23(39)5-2-12-38-13-15-41-16-14-38/h1,3-4,6-7,17,24,26,37H,2,5,8-16H2,(H,36,40)/t24-,26-,30+/m0/s1. The number of carbonyl (C=O) groups is 2. The second-order valence-corrected chi connectivity index (χ2v) is 12.5. The minimum Gasteiger partial charge on any atom is -0.379 e. The molecule has 2 aromatic rings. The molecule has 2 spiro atoms. The van der Waals surface area contributed by atoms with Crippen molar-refractivity contribution in [2.45, 2.75) is 67.4 Å². The van der Waals surface area contributed by atoms with Crippen molar-refractivity contribution in [2.75, 3.05) is 38.2 Å². The summed E-state index contributed by atoms with van der Waals surface area (Å²) in [5.41, 5.74) is -1.68. The van der Waals surface area contributed by atoms with Gasteiger partial charge in [0.15, 0.2) is 0 Å². The number of carbonyl (C=O) groups excluding carboxylic acids is 2. The Bertz CT molecular complexity index is 1360. The molecule has 0 bridgehead atoms. The highest BCUT2D eigenvalue weighted by Gasteiger charge is 2.73. The summed E-state index contributed by atoms with van der Waals surface area (Å²) in [5.74, 6) is -5.29. The molecule has 1 saturated carbocycles. The molecule has 0 radical (unpaired) electrons. The van der Waals surface area contributed by atoms with E-state index >= 15 is 4.39 Å². The van der Waals surface area contributed by atoms with Crippen molar-refractivity contribution in [1.82, 2.24) is 10.2 Å². The molecular weight excluding hydrogens is 578 g/mol. The average Bonchev–Trinajstić information content (AvgIpc) is 3.40. The number of morpholine rings is 1. The average molecular weight is 611 g/mol. The number of anilines is 1. The number of rotatable bonds is 6. The van der Waals surface area contributed by atoms with E-state index in [0.717, 1.165) is 13.1 Å². The van der Waals surface area contributed by atoms with Crippen molar-refractivity contribution in [3.05, 3.63) is 63.4 Å². The highest BCUT2D eigenvalue weighted by atomic mass is 35.5. The summed E-state index contributed by atoms with van der Waals surface area (Å²) in [5, 5.41) is 6.58. The van der Waals surface area contributed by atoms with Crippen LogP contribution < -0.4 is 10.6 Å². The maximum Gasteiger partial charge on any atom is 0.248 e. The van der Waals surface area contributed by atoms with E-state index in [-0.39, 0.29) is 35.6 Å². The van der Waals surface area contributed by atoms with Crippen LogP contribution in [0.5, 0.6) is 0 Å². The van der Waals surface area contributed by atoms with Gasteiger partial charge in [0.2, 0.25) is 11.8 Å².